The molecule has 19 heavy (non-hydrogen) atoms. The largest absolute Gasteiger partial charge is 0.147 e. The second-order valence-corrected chi connectivity index (χ2v) is 10.4. The molecule has 1 atom stereocenters. The molecule has 3 rings (SSSR count). The van der Waals surface area contributed by atoms with Gasteiger partial charge in [0.1, 0.15) is 0 Å². The van der Waals surface area contributed by atoms with Crippen LogP contribution in [0.25, 0.3) is 0 Å². The third kappa shape index (κ3) is 3.37. The van der Waals surface area contributed by atoms with Gasteiger partial charge in [0.05, 0.1) is 0 Å². The minimum Gasteiger partial charge on any atom is -0.147 e. The van der Waals surface area contributed by atoms with Crippen LogP contribution in [0.5, 0.6) is 0 Å². The summed E-state index contributed by atoms with van der Waals surface area (Å²) in [6.45, 7) is 4.86. The zero-order valence-electron chi connectivity index (χ0n) is 11.7. The molecule has 3 heteroatoms. The molecule has 0 saturated carbocycles. The molecule has 0 spiro atoms. The van der Waals surface area contributed by atoms with Crippen molar-refractivity contribution in [1.29, 1.82) is 0 Å². The van der Waals surface area contributed by atoms with Crippen molar-refractivity contribution >= 4 is 24.8 Å². The van der Waals surface area contributed by atoms with Crippen LogP contribution in [0.2, 0.25) is 3.12 Å². The van der Waals surface area contributed by atoms with Crippen molar-refractivity contribution in [3.8, 4) is 0 Å². The second-order valence-electron chi connectivity index (χ2n) is 5.64. The third-order valence-electron chi connectivity index (χ3n) is 4.27. The summed E-state index contributed by atoms with van der Waals surface area (Å²) in [5.41, 5.74) is 5.18. The van der Waals surface area contributed by atoms with E-state index in [-0.39, 0.29) is 24.8 Å². The van der Waals surface area contributed by atoms with Crippen LogP contribution < -0.4 is 0 Å². The van der Waals surface area contributed by atoms with Crippen LogP contribution in [-0.4, -0.2) is 0 Å². The van der Waals surface area contributed by atoms with Crippen LogP contribution in [-0.2, 0) is 23.2 Å². The number of rotatable bonds is 2. The Morgan fingerprint density at radius 2 is 1.89 bits per heavy atom. The average Bonchev–Trinajstić information content (AvgIpc) is 2.89. The maximum absolute atomic E-state index is 2.62. The van der Waals surface area contributed by atoms with Crippen molar-refractivity contribution in [2.45, 2.75) is 49.1 Å². The average molecular weight is 376 g/mol. The molecule has 0 aromatic heterocycles. The molecule has 0 saturated heterocycles. The van der Waals surface area contributed by atoms with E-state index < -0.39 is 23.2 Å². The summed E-state index contributed by atoms with van der Waals surface area (Å²) in [5.74, 6) is 0. The quantitative estimate of drug-likeness (QED) is 0.574. The van der Waals surface area contributed by atoms with Crippen LogP contribution >= 0.6 is 24.8 Å². The zero-order chi connectivity index (χ0) is 11.9. The molecule has 0 amide bonds. The smallest absolute Gasteiger partial charge is 0.147 e. The van der Waals surface area contributed by atoms with Crippen LogP contribution in [0.4, 0.5) is 0 Å². The minimum atomic E-state index is -0.478. The number of halogens is 2. The summed E-state index contributed by atoms with van der Waals surface area (Å²) < 4.78 is 2.28. The summed E-state index contributed by atoms with van der Waals surface area (Å²) in [4.78, 5) is 0. The first-order chi connectivity index (χ1) is 8.19. The van der Waals surface area contributed by atoms with Crippen LogP contribution in [0, 0.1) is 0 Å². The Hall–Kier alpha value is 0.423. The summed E-state index contributed by atoms with van der Waals surface area (Å²) >= 11 is -0.478. The van der Waals surface area contributed by atoms with E-state index in [1.807, 2.05) is 5.57 Å². The van der Waals surface area contributed by atoms with E-state index in [4.69, 9.17) is 0 Å². The van der Waals surface area contributed by atoms with Gasteiger partial charge in [-0.2, -0.15) is 0 Å². The van der Waals surface area contributed by atoms with Gasteiger partial charge in [-0.05, 0) is 0 Å². The molecular weight excluding hydrogens is 354 g/mol. The summed E-state index contributed by atoms with van der Waals surface area (Å²) in [5, 5.41) is 0. The fourth-order valence-electron chi connectivity index (χ4n) is 3.51. The van der Waals surface area contributed by atoms with E-state index in [1.54, 1.807) is 14.4 Å². The topological polar surface area (TPSA) is 0 Å². The molecule has 0 aromatic rings. The molecule has 0 radical (unpaired) electrons. The Morgan fingerprint density at radius 1 is 1.16 bits per heavy atom. The van der Waals surface area contributed by atoms with E-state index in [1.165, 1.54) is 32.1 Å². The van der Waals surface area contributed by atoms with Gasteiger partial charge in [-0.1, -0.05) is 0 Å². The van der Waals surface area contributed by atoms with Crippen molar-refractivity contribution in [3.05, 3.63) is 44.3 Å². The molecule has 0 N–H and O–H groups in total. The predicted molar refractivity (Wildman–Crippen MR) is 84.0 cm³/mol. The van der Waals surface area contributed by atoms with Gasteiger partial charge in [0.15, 0.2) is 0 Å². The van der Waals surface area contributed by atoms with Crippen LogP contribution in [0.15, 0.2) is 44.3 Å². The van der Waals surface area contributed by atoms with E-state index in [9.17, 15) is 0 Å². The molecule has 1 unspecified atom stereocenters. The molecule has 0 aliphatic heterocycles. The van der Waals surface area contributed by atoms with E-state index in [2.05, 4.69) is 38.2 Å². The Bertz CT molecular complexity index is 471. The van der Waals surface area contributed by atoms with Gasteiger partial charge in [-0.25, -0.2) is 0 Å². The fraction of sp³-hybridized carbons (Fsp3) is 0.500. The molecule has 104 valence electrons. The monoisotopic (exact) mass is 374 g/mol. The van der Waals surface area contributed by atoms with E-state index >= 15 is 0 Å². The molecule has 0 fully saturated rings. The first-order valence-electron chi connectivity index (χ1n) is 6.75. The Morgan fingerprint density at radius 3 is 2.58 bits per heavy atom. The van der Waals surface area contributed by atoms with Crippen molar-refractivity contribution < 1.29 is 23.2 Å². The number of allylic oxidation sites excluding steroid dienone is 8. The Labute approximate surface area is 140 Å². The molecule has 0 aromatic carbocycles. The third-order valence-corrected chi connectivity index (χ3v) is 8.34. The summed E-state index contributed by atoms with van der Waals surface area (Å²) in [6.07, 6.45) is 16.4. The molecule has 3 aliphatic carbocycles. The minimum absolute atomic E-state index is 0. The summed E-state index contributed by atoms with van der Waals surface area (Å²) in [6, 6.07) is 0. The maximum atomic E-state index is 2.62. The number of hydrogen-bond acceptors (Lipinski definition) is 0. The Balaban J connectivity index is 0.000000902. The molecule has 0 heterocycles. The van der Waals surface area contributed by atoms with E-state index in [0.29, 0.717) is 3.12 Å². The van der Waals surface area contributed by atoms with Crippen molar-refractivity contribution in [2.75, 3.05) is 0 Å². The molecule has 3 aliphatic rings. The maximum Gasteiger partial charge on any atom is -0.147 e. The van der Waals surface area contributed by atoms with Gasteiger partial charge in [-0.15, -0.1) is 24.8 Å². The molecule has 0 bridgehead atoms. The van der Waals surface area contributed by atoms with Crippen molar-refractivity contribution in [1.82, 2.24) is 0 Å². The van der Waals surface area contributed by atoms with Gasteiger partial charge >= 0.3 is 117 Å². The van der Waals surface area contributed by atoms with Crippen molar-refractivity contribution in [3.63, 3.8) is 0 Å². The van der Waals surface area contributed by atoms with Gasteiger partial charge in [0, 0.05) is 0 Å². The standard InChI is InChI=1S/C11H15.C5H5.2ClH.Zr/c1-8-7-9(2)11-6-4-3-5-10(8)11;1-2-4-5-3-1;;;/h7H,3-6H2,1-2H3;1-3H,4H2;2*1H;. The van der Waals surface area contributed by atoms with E-state index in [0.717, 1.165) is 0 Å². The fourth-order valence-corrected chi connectivity index (χ4v) is 7.89. The second kappa shape index (κ2) is 6.92. The SMILES string of the molecule is CC1=C[C](C)([Zr][C]2=CC=CC2)C2=C1CCCC2.Cl.Cl. The van der Waals surface area contributed by atoms with Crippen LogP contribution in [0.1, 0.15) is 46.0 Å². The van der Waals surface area contributed by atoms with Gasteiger partial charge in [-0.3, -0.25) is 0 Å². The van der Waals surface area contributed by atoms with Crippen molar-refractivity contribution in [2.24, 2.45) is 0 Å². The zero-order valence-corrected chi connectivity index (χ0v) is 15.8. The Kier molecular flexibility index (Phi) is 6.37. The first-order valence-corrected chi connectivity index (χ1v) is 9.21. The van der Waals surface area contributed by atoms with Gasteiger partial charge < -0.3 is 0 Å². The molecule has 0 nitrogen and oxygen atoms in total. The first kappa shape index (κ1) is 17.5. The normalized spacial score (nSPS) is 28.1. The predicted octanol–water partition coefficient (Wildman–Crippen LogP) is 5.77. The number of hydrogen-bond donors (Lipinski definition) is 0. The summed E-state index contributed by atoms with van der Waals surface area (Å²) in [7, 11) is 0. The molecular formula is C16H22Cl2Zr. The van der Waals surface area contributed by atoms with Gasteiger partial charge in [0.25, 0.3) is 0 Å². The van der Waals surface area contributed by atoms with Gasteiger partial charge in [0.2, 0.25) is 0 Å². The van der Waals surface area contributed by atoms with Crippen LogP contribution in [0.3, 0.4) is 0 Å².